The molecule has 0 aliphatic heterocycles. The molecule has 0 aliphatic carbocycles. The maximum absolute atomic E-state index is 13.5. The maximum atomic E-state index is 13.5. The molecule has 0 spiro atoms. The fourth-order valence-corrected chi connectivity index (χ4v) is 1.50. The van der Waals surface area contributed by atoms with E-state index in [9.17, 15) is 22.0 Å². The van der Waals surface area contributed by atoms with Crippen molar-refractivity contribution >= 4 is 29.2 Å². The van der Waals surface area contributed by atoms with Crippen LogP contribution in [0.5, 0.6) is 0 Å². The summed E-state index contributed by atoms with van der Waals surface area (Å²) in [6, 6.07) is 0. The van der Waals surface area contributed by atoms with Crippen LogP contribution < -0.4 is 10.6 Å². The van der Waals surface area contributed by atoms with Crippen LogP contribution in [0, 0.1) is 29.1 Å². The molecule has 112 valence electrons. The van der Waals surface area contributed by atoms with E-state index in [1.165, 1.54) is 7.05 Å². The second-order valence-corrected chi connectivity index (χ2v) is 3.91. The molecule has 2 rings (SSSR count). The van der Waals surface area contributed by atoms with Crippen LogP contribution in [0.3, 0.4) is 0 Å². The Balaban J connectivity index is 2.52. The van der Waals surface area contributed by atoms with E-state index in [1.807, 2.05) is 5.32 Å². The van der Waals surface area contributed by atoms with Gasteiger partial charge in [0.2, 0.25) is 23.0 Å². The number of rotatable bonds is 3. The Morgan fingerprint density at radius 3 is 1.76 bits per heavy atom. The number of nitrogens with zero attached hydrogens (tertiary/aromatic N) is 3. The first-order chi connectivity index (χ1) is 9.85. The second-order valence-electron chi connectivity index (χ2n) is 3.57. The van der Waals surface area contributed by atoms with Crippen LogP contribution in [0.4, 0.5) is 39.5 Å². The first-order valence-electron chi connectivity index (χ1n) is 5.23. The molecular weight excluding hydrogens is 321 g/mol. The molecule has 2 aromatic rings. The molecule has 0 bridgehead atoms. The molecule has 1 heterocycles. The third-order valence-electron chi connectivity index (χ3n) is 2.28. The predicted molar refractivity (Wildman–Crippen MR) is 63.9 cm³/mol. The highest BCUT2D eigenvalue weighted by molar-refractivity contribution is 6.28. The molecule has 5 nitrogen and oxygen atoms in total. The molecule has 0 amide bonds. The van der Waals surface area contributed by atoms with Gasteiger partial charge in [0.15, 0.2) is 23.3 Å². The summed E-state index contributed by atoms with van der Waals surface area (Å²) in [5.74, 6) is -11.1. The molecule has 2 N–H and O–H groups in total. The van der Waals surface area contributed by atoms with E-state index in [-0.39, 0.29) is 11.2 Å². The van der Waals surface area contributed by atoms with Crippen molar-refractivity contribution in [3.8, 4) is 0 Å². The highest BCUT2D eigenvalue weighted by Gasteiger charge is 2.26. The molecule has 0 atom stereocenters. The lowest BCUT2D eigenvalue weighted by molar-refractivity contribution is 0.382. The van der Waals surface area contributed by atoms with E-state index in [0.717, 1.165) is 0 Å². The fourth-order valence-electron chi connectivity index (χ4n) is 1.34. The molecule has 0 unspecified atom stereocenters. The fraction of sp³-hybridized carbons (Fsp3) is 0.100. The molecule has 21 heavy (non-hydrogen) atoms. The number of anilines is 3. The Labute approximate surface area is 119 Å². The van der Waals surface area contributed by atoms with Crippen molar-refractivity contribution in [2.75, 3.05) is 17.7 Å². The van der Waals surface area contributed by atoms with Gasteiger partial charge < -0.3 is 10.6 Å². The molecule has 0 saturated carbocycles. The zero-order chi connectivity index (χ0) is 15.7. The van der Waals surface area contributed by atoms with Crippen molar-refractivity contribution in [3.63, 3.8) is 0 Å². The van der Waals surface area contributed by atoms with Gasteiger partial charge in [0.05, 0.1) is 0 Å². The van der Waals surface area contributed by atoms with Crippen LogP contribution in [-0.4, -0.2) is 22.0 Å². The van der Waals surface area contributed by atoms with E-state index in [2.05, 4.69) is 20.3 Å². The minimum atomic E-state index is -2.26. The summed E-state index contributed by atoms with van der Waals surface area (Å²) >= 11 is 5.52. The lowest BCUT2D eigenvalue weighted by atomic mass is 10.2. The summed E-state index contributed by atoms with van der Waals surface area (Å²) in [5, 5.41) is 4.01. The van der Waals surface area contributed by atoms with Gasteiger partial charge in [-0.1, -0.05) is 0 Å². The predicted octanol–water partition coefficient (Wildman–Crippen LogP) is 3.01. The molecule has 0 saturated heterocycles. The monoisotopic (exact) mass is 325 g/mol. The van der Waals surface area contributed by atoms with Crippen LogP contribution in [-0.2, 0) is 0 Å². The molecule has 0 fully saturated rings. The number of nitrogens with one attached hydrogen (secondary N) is 2. The van der Waals surface area contributed by atoms with E-state index < -0.39 is 40.7 Å². The van der Waals surface area contributed by atoms with Crippen molar-refractivity contribution in [1.29, 1.82) is 0 Å². The number of aromatic nitrogens is 3. The summed E-state index contributed by atoms with van der Waals surface area (Å²) in [7, 11) is 1.42. The smallest absolute Gasteiger partial charge is 0.233 e. The first-order valence-corrected chi connectivity index (χ1v) is 5.60. The van der Waals surface area contributed by atoms with Crippen molar-refractivity contribution in [1.82, 2.24) is 15.0 Å². The molecule has 0 radical (unpaired) electrons. The minimum Gasteiger partial charge on any atom is -0.357 e. The molecule has 1 aromatic carbocycles. The lowest BCUT2D eigenvalue weighted by Crippen LogP contribution is -2.09. The number of benzene rings is 1. The summed E-state index contributed by atoms with van der Waals surface area (Å²) < 4.78 is 65.9. The zero-order valence-corrected chi connectivity index (χ0v) is 10.9. The standard InChI is InChI=1S/C10H5ClF5N5/c1-17-9-19-8(11)20-10(21-9)18-7-5(15)3(13)2(12)4(14)6(7)16/h1H3,(H2,17,18,19,20,21). The van der Waals surface area contributed by atoms with Crippen LogP contribution in [0.1, 0.15) is 0 Å². The topological polar surface area (TPSA) is 62.7 Å². The Morgan fingerprint density at radius 1 is 0.762 bits per heavy atom. The van der Waals surface area contributed by atoms with Gasteiger partial charge in [-0.2, -0.15) is 15.0 Å². The minimum absolute atomic E-state index is 0.0682. The summed E-state index contributed by atoms with van der Waals surface area (Å²) in [4.78, 5) is 10.7. The number of hydrogen-bond donors (Lipinski definition) is 2. The van der Waals surface area contributed by atoms with Crippen LogP contribution >= 0.6 is 11.6 Å². The average Bonchev–Trinajstić information content (AvgIpc) is 2.47. The van der Waals surface area contributed by atoms with Gasteiger partial charge >= 0.3 is 0 Å². The molecular formula is C10H5ClF5N5. The molecule has 1 aromatic heterocycles. The van der Waals surface area contributed by atoms with Crippen molar-refractivity contribution < 1.29 is 22.0 Å². The largest absolute Gasteiger partial charge is 0.357 e. The molecule has 0 aliphatic rings. The van der Waals surface area contributed by atoms with E-state index in [4.69, 9.17) is 11.6 Å². The second kappa shape index (κ2) is 5.64. The first kappa shape index (κ1) is 15.2. The Bertz CT molecular complexity index is 682. The quantitative estimate of drug-likeness (QED) is 0.516. The Morgan fingerprint density at radius 2 is 1.24 bits per heavy atom. The van der Waals surface area contributed by atoms with Crippen molar-refractivity contribution in [3.05, 3.63) is 34.4 Å². The van der Waals surface area contributed by atoms with Crippen molar-refractivity contribution in [2.24, 2.45) is 0 Å². The summed E-state index contributed by atoms with van der Waals surface area (Å²) in [5.41, 5.74) is -1.30. The third kappa shape index (κ3) is 2.79. The van der Waals surface area contributed by atoms with Crippen LogP contribution in [0.15, 0.2) is 0 Å². The third-order valence-corrected chi connectivity index (χ3v) is 2.45. The average molecular weight is 326 g/mol. The van der Waals surface area contributed by atoms with Gasteiger partial charge in [-0.15, -0.1) is 0 Å². The highest BCUT2D eigenvalue weighted by atomic mass is 35.5. The van der Waals surface area contributed by atoms with Gasteiger partial charge in [-0.3, -0.25) is 0 Å². The number of hydrogen-bond acceptors (Lipinski definition) is 5. The Hall–Kier alpha value is -2.23. The van der Waals surface area contributed by atoms with E-state index >= 15 is 0 Å². The normalized spacial score (nSPS) is 10.6. The zero-order valence-electron chi connectivity index (χ0n) is 10.1. The van der Waals surface area contributed by atoms with Gasteiger partial charge in [0.25, 0.3) is 0 Å². The molecule has 11 heteroatoms. The van der Waals surface area contributed by atoms with Crippen LogP contribution in [0.2, 0.25) is 5.28 Å². The van der Waals surface area contributed by atoms with Crippen molar-refractivity contribution in [2.45, 2.75) is 0 Å². The lowest BCUT2D eigenvalue weighted by Gasteiger charge is -2.10. The summed E-state index contributed by atoms with van der Waals surface area (Å²) in [6.45, 7) is 0. The van der Waals surface area contributed by atoms with Gasteiger partial charge in [-0.05, 0) is 11.6 Å². The van der Waals surface area contributed by atoms with Gasteiger partial charge in [0, 0.05) is 7.05 Å². The van der Waals surface area contributed by atoms with Gasteiger partial charge in [0.1, 0.15) is 5.69 Å². The Kier molecular flexibility index (Phi) is 4.07. The van der Waals surface area contributed by atoms with Crippen LogP contribution in [0.25, 0.3) is 0 Å². The summed E-state index contributed by atoms with van der Waals surface area (Å²) in [6.07, 6.45) is 0. The van der Waals surface area contributed by atoms with E-state index in [1.54, 1.807) is 0 Å². The van der Waals surface area contributed by atoms with Gasteiger partial charge in [-0.25, -0.2) is 22.0 Å². The highest BCUT2D eigenvalue weighted by Crippen LogP contribution is 2.29. The SMILES string of the molecule is CNc1nc(Cl)nc(Nc2c(F)c(F)c(F)c(F)c2F)n1. The van der Waals surface area contributed by atoms with E-state index in [0.29, 0.717) is 0 Å². The maximum Gasteiger partial charge on any atom is 0.233 e. The number of halogens is 6.